The molecule has 1 N–H and O–H groups in total. The quantitative estimate of drug-likeness (QED) is 0.835. The summed E-state index contributed by atoms with van der Waals surface area (Å²) in [6.45, 7) is 1.17. The smallest absolute Gasteiger partial charge is 0.428 e. The Hall–Kier alpha value is -2.30. The fraction of sp³-hybridized carbons (Fsp3) is 0.167. The van der Waals surface area contributed by atoms with E-state index in [2.05, 4.69) is 21.5 Å². The molecule has 1 aromatic carbocycles. The highest BCUT2D eigenvalue weighted by atomic mass is 16.6. The third kappa shape index (κ3) is 1.87. The molecule has 2 heterocycles. The zero-order valence-electron chi connectivity index (χ0n) is 9.09. The average Bonchev–Trinajstić information content (AvgIpc) is 2.29. The van der Waals surface area contributed by atoms with E-state index in [9.17, 15) is 4.79 Å². The molecule has 0 fully saturated rings. The lowest BCUT2D eigenvalue weighted by atomic mass is 10.1. The van der Waals surface area contributed by atoms with Gasteiger partial charge in [0.1, 0.15) is 12.3 Å². The fourth-order valence-electron chi connectivity index (χ4n) is 1.71. The van der Waals surface area contributed by atoms with E-state index in [1.807, 2.05) is 30.5 Å². The molecule has 0 aromatic heterocycles. The molecule has 0 atom stereocenters. The molecule has 0 bridgehead atoms. The topological polar surface area (TPSA) is 53.9 Å². The first-order valence-electron chi connectivity index (χ1n) is 5.36. The second-order valence-corrected chi connectivity index (χ2v) is 3.83. The lowest BCUT2D eigenvalue weighted by Gasteiger charge is -2.25. The molecule has 2 aliphatic heterocycles. The Balaban J connectivity index is 1.80. The van der Waals surface area contributed by atoms with Crippen molar-refractivity contribution in [1.82, 2.24) is 5.43 Å². The minimum Gasteiger partial charge on any atom is -0.442 e. The Morgan fingerprint density at radius 1 is 1.29 bits per heavy atom. The van der Waals surface area contributed by atoms with E-state index in [0.29, 0.717) is 0 Å². The van der Waals surface area contributed by atoms with E-state index >= 15 is 0 Å². The summed E-state index contributed by atoms with van der Waals surface area (Å²) in [6.07, 6.45) is 3.63. The number of carbonyl (C=O) groups is 1. The van der Waals surface area contributed by atoms with Gasteiger partial charge in [0.05, 0.1) is 0 Å². The third-order valence-corrected chi connectivity index (χ3v) is 2.74. The molecule has 86 valence electrons. The molecule has 2 aliphatic rings. The summed E-state index contributed by atoms with van der Waals surface area (Å²) in [5, 5.41) is 3.95. The van der Waals surface area contributed by atoms with Gasteiger partial charge in [-0.3, -0.25) is 0 Å². The van der Waals surface area contributed by atoms with Gasteiger partial charge in [-0.05, 0) is 18.2 Å². The van der Waals surface area contributed by atoms with Gasteiger partial charge < -0.3 is 9.64 Å². The molecule has 0 saturated carbocycles. The number of hydrogen-bond donors (Lipinski definition) is 1. The molecule has 0 aliphatic carbocycles. The first-order valence-corrected chi connectivity index (χ1v) is 5.36. The van der Waals surface area contributed by atoms with Crippen LogP contribution in [0.25, 0.3) is 0 Å². The van der Waals surface area contributed by atoms with Gasteiger partial charge in [-0.25, -0.2) is 10.2 Å². The highest BCUT2D eigenvalue weighted by molar-refractivity contribution is 6.03. The maximum atomic E-state index is 10.8. The van der Waals surface area contributed by atoms with Crippen molar-refractivity contribution >= 4 is 17.5 Å². The summed E-state index contributed by atoms with van der Waals surface area (Å²) in [5.74, 6) is 0. The molecule has 1 amide bonds. The first-order chi connectivity index (χ1) is 8.33. The van der Waals surface area contributed by atoms with Crippen molar-refractivity contribution in [2.75, 3.05) is 18.1 Å². The molecule has 3 rings (SSSR count). The summed E-state index contributed by atoms with van der Waals surface area (Å²) in [6, 6.07) is 8.00. The SMILES string of the molecule is O=C1NN=C(c2ccc(N3C=CC3)cc2)CO1. The number of rotatable bonds is 2. The Morgan fingerprint density at radius 3 is 2.59 bits per heavy atom. The van der Waals surface area contributed by atoms with Crippen LogP contribution in [0, 0.1) is 0 Å². The molecule has 0 radical (unpaired) electrons. The Morgan fingerprint density at radius 2 is 2.06 bits per heavy atom. The molecular formula is C12H11N3O2. The summed E-state index contributed by atoms with van der Waals surface area (Å²) >= 11 is 0. The van der Waals surface area contributed by atoms with Crippen LogP contribution < -0.4 is 10.3 Å². The van der Waals surface area contributed by atoms with Crippen LogP contribution in [0.4, 0.5) is 10.5 Å². The number of benzene rings is 1. The van der Waals surface area contributed by atoms with Gasteiger partial charge in [0.15, 0.2) is 0 Å². The van der Waals surface area contributed by atoms with Crippen molar-refractivity contribution in [2.24, 2.45) is 5.10 Å². The van der Waals surface area contributed by atoms with Crippen LogP contribution in [0.2, 0.25) is 0 Å². The number of anilines is 1. The van der Waals surface area contributed by atoms with Gasteiger partial charge in [0.2, 0.25) is 0 Å². The first kappa shape index (κ1) is 9.89. The molecule has 5 nitrogen and oxygen atoms in total. The van der Waals surface area contributed by atoms with Crippen molar-refractivity contribution < 1.29 is 9.53 Å². The fourth-order valence-corrected chi connectivity index (χ4v) is 1.71. The predicted molar refractivity (Wildman–Crippen MR) is 63.9 cm³/mol. The number of nitrogens with zero attached hydrogens (tertiary/aromatic N) is 2. The van der Waals surface area contributed by atoms with Gasteiger partial charge in [-0.1, -0.05) is 12.1 Å². The zero-order chi connectivity index (χ0) is 11.7. The van der Waals surface area contributed by atoms with Gasteiger partial charge in [-0.2, -0.15) is 5.10 Å². The van der Waals surface area contributed by atoms with Crippen molar-refractivity contribution in [3.63, 3.8) is 0 Å². The number of ether oxygens (including phenoxy) is 1. The minimum atomic E-state index is -0.504. The van der Waals surface area contributed by atoms with Crippen molar-refractivity contribution in [1.29, 1.82) is 0 Å². The summed E-state index contributed by atoms with van der Waals surface area (Å²) in [7, 11) is 0. The maximum Gasteiger partial charge on any atom is 0.428 e. The molecule has 0 spiro atoms. The average molecular weight is 229 g/mol. The van der Waals surface area contributed by atoms with Crippen molar-refractivity contribution in [2.45, 2.75) is 0 Å². The van der Waals surface area contributed by atoms with E-state index in [1.54, 1.807) is 0 Å². The highest BCUT2D eigenvalue weighted by Crippen LogP contribution is 2.19. The lowest BCUT2D eigenvalue weighted by Crippen LogP contribution is -2.30. The standard InChI is InChI=1S/C12H11N3O2/c16-12-14-13-11(8-17-12)9-2-4-10(5-3-9)15-6-1-7-15/h1-6H,7-8H2,(H,14,16). The normalized spacial score (nSPS) is 18.0. The van der Waals surface area contributed by atoms with Crippen molar-refractivity contribution in [3.05, 3.63) is 42.1 Å². The van der Waals surface area contributed by atoms with Crippen molar-refractivity contribution in [3.8, 4) is 0 Å². The second kappa shape index (κ2) is 3.93. The molecule has 0 unspecified atom stereocenters. The molecule has 1 aromatic rings. The van der Waals surface area contributed by atoms with Gasteiger partial charge in [-0.15, -0.1) is 0 Å². The van der Waals surface area contributed by atoms with E-state index < -0.39 is 6.09 Å². The van der Waals surface area contributed by atoms with Gasteiger partial charge in [0.25, 0.3) is 0 Å². The van der Waals surface area contributed by atoms with E-state index in [0.717, 1.165) is 23.5 Å². The van der Waals surface area contributed by atoms with Crippen LogP contribution >= 0.6 is 0 Å². The summed E-state index contributed by atoms with van der Waals surface area (Å²) < 4.78 is 4.85. The molecular weight excluding hydrogens is 218 g/mol. The summed E-state index contributed by atoms with van der Waals surface area (Å²) in [4.78, 5) is 12.9. The van der Waals surface area contributed by atoms with Crippen LogP contribution in [0.15, 0.2) is 41.6 Å². The number of carbonyl (C=O) groups excluding carboxylic acids is 1. The third-order valence-electron chi connectivity index (χ3n) is 2.74. The Kier molecular flexibility index (Phi) is 2.29. The second-order valence-electron chi connectivity index (χ2n) is 3.83. The van der Waals surface area contributed by atoms with E-state index in [-0.39, 0.29) is 6.61 Å². The minimum absolute atomic E-state index is 0.217. The van der Waals surface area contributed by atoms with Crippen LogP contribution in [0.1, 0.15) is 5.56 Å². The van der Waals surface area contributed by atoms with Crippen LogP contribution in [-0.2, 0) is 4.74 Å². The lowest BCUT2D eigenvalue weighted by molar-refractivity contribution is 0.157. The number of hydrogen-bond acceptors (Lipinski definition) is 4. The number of cyclic esters (lactones) is 1. The monoisotopic (exact) mass is 229 g/mol. The largest absolute Gasteiger partial charge is 0.442 e. The Labute approximate surface area is 98.4 Å². The van der Waals surface area contributed by atoms with E-state index in [1.165, 1.54) is 0 Å². The van der Waals surface area contributed by atoms with Gasteiger partial charge >= 0.3 is 6.09 Å². The zero-order valence-corrected chi connectivity index (χ0v) is 9.09. The molecule has 5 heteroatoms. The predicted octanol–water partition coefficient (Wildman–Crippen LogP) is 1.46. The number of amides is 1. The van der Waals surface area contributed by atoms with Crippen LogP contribution in [-0.4, -0.2) is 25.0 Å². The van der Waals surface area contributed by atoms with Gasteiger partial charge in [0, 0.05) is 24.0 Å². The molecule has 17 heavy (non-hydrogen) atoms. The molecule has 0 saturated heterocycles. The van der Waals surface area contributed by atoms with E-state index in [4.69, 9.17) is 4.74 Å². The highest BCUT2D eigenvalue weighted by Gasteiger charge is 2.14. The van der Waals surface area contributed by atoms with Crippen LogP contribution in [0.3, 0.4) is 0 Å². The summed E-state index contributed by atoms with van der Waals surface area (Å²) in [5.41, 5.74) is 5.13. The Bertz CT molecular complexity index is 505. The number of nitrogens with one attached hydrogen (secondary N) is 1. The maximum absolute atomic E-state index is 10.8. The van der Waals surface area contributed by atoms with Crippen LogP contribution in [0.5, 0.6) is 0 Å². The number of hydrazone groups is 1.